The SMILES string of the molecule is c1ccc(-c2coc(-c3cc4ccccc4c4ccccc34)c2-c2ccccc2)cc1. The second-order valence-electron chi connectivity index (χ2n) is 7.78. The first kappa shape index (κ1) is 17.7. The zero-order valence-corrected chi connectivity index (χ0v) is 17.0. The molecule has 0 spiro atoms. The summed E-state index contributed by atoms with van der Waals surface area (Å²) in [4.78, 5) is 0. The third kappa shape index (κ3) is 2.94. The van der Waals surface area contributed by atoms with E-state index in [1.807, 2.05) is 12.3 Å². The van der Waals surface area contributed by atoms with Crippen molar-refractivity contribution in [3.63, 3.8) is 0 Å². The maximum absolute atomic E-state index is 6.35. The molecule has 6 aromatic rings. The van der Waals surface area contributed by atoms with Gasteiger partial charge in [-0.1, -0.05) is 109 Å². The zero-order valence-electron chi connectivity index (χ0n) is 17.0. The van der Waals surface area contributed by atoms with Gasteiger partial charge in [-0.2, -0.15) is 0 Å². The molecule has 5 aromatic carbocycles. The Labute approximate surface area is 181 Å². The Morgan fingerprint density at radius 1 is 0.452 bits per heavy atom. The topological polar surface area (TPSA) is 13.1 Å². The minimum absolute atomic E-state index is 0.909. The zero-order chi connectivity index (χ0) is 20.6. The van der Waals surface area contributed by atoms with Gasteiger partial charge in [0.1, 0.15) is 5.76 Å². The summed E-state index contributed by atoms with van der Waals surface area (Å²) in [6.07, 6.45) is 1.90. The molecule has 0 N–H and O–H groups in total. The van der Waals surface area contributed by atoms with Gasteiger partial charge in [0.2, 0.25) is 0 Å². The molecule has 0 saturated carbocycles. The van der Waals surface area contributed by atoms with Crippen LogP contribution in [0.5, 0.6) is 0 Å². The fourth-order valence-corrected chi connectivity index (χ4v) is 4.52. The molecule has 0 fully saturated rings. The van der Waals surface area contributed by atoms with Crippen LogP contribution in [0, 0.1) is 0 Å². The van der Waals surface area contributed by atoms with Gasteiger partial charge in [0.25, 0.3) is 0 Å². The molecule has 31 heavy (non-hydrogen) atoms. The van der Waals surface area contributed by atoms with E-state index < -0.39 is 0 Å². The highest BCUT2D eigenvalue weighted by Gasteiger charge is 2.20. The lowest BCUT2D eigenvalue weighted by molar-refractivity contribution is 0.584. The van der Waals surface area contributed by atoms with E-state index in [0.29, 0.717) is 0 Å². The fraction of sp³-hybridized carbons (Fsp3) is 0. The van der Waals surface area contributed by atoms with Crippen molar-refractivity contribution >= 4 is 21.5 Å². The predicted molar refractivity (Wildman–Crippen MR) is 130 cm³/mol. The van der Waals surface area contributed by atoms with Gasteiger partial charge in [0.15, 0.2) is 0 Å². The van der Waals surface area contributed by atoms with E-state index in [-0.39, 0.29) is 0 Å². The Hall–Kier alpha value is -4.10. The van der Waals surface area contributed by atoms with Crippen LogP contribution in [-0.4, -0.2) is 0 Å². The Kier molecular flexibility index (Phi) is 4.18. The second-order valence-corrected chi connectivity index (χ2v) is 7.78. The van der Waals surface area contributed by atoms with Crippen molar-refractivity contribution in [2.24, 2.45) is 0 Å². The summed E-state index contributed by atoms with van der Waals surface area (Å²) in [7, 11) is 0. The van der Waals surface area contributed by atoms with E-state index in [2.05, 4.69) is 109 Å². The Morgan fingerprint density at radius 2 is 1.03 bits per heavy atom. The number of fused-ring (bicyclic) bond motifs is 3. The minimum atomic E-state index is 0.909. The predicted octanol–water partition coefficient (Wildman–Crippen LogP) is 8.59. The lowest BCUT2D eigenvalue weighted by Gasteiger charge is -2.12. The molecule has 0 amide bonds. The third-order valence-corrected chi connectivity index (χ3v) is 5.95. The van der Waals surface area contributed by atoms with E-state index in [1.165, 1.54) is 21.5 Å². The van der Waals surface area contributed by atoms with Crippen molar-refractivity contribution in [2.45, 2.75) is 0 Å². The largest absolute Gasteiger partial charge is 0.463 e. The lowest BCUT2D eigenvalue weighted by Crippen LogP contribution is -1.87. The molecule has 0 aliphatic carbocycles. The van der Waals surface area contributed by atoms with Gasteiger partial charge in [0.05, 0.1) is 6.26 Å². The van der Waals surface area contributed by atoms with Crippen LogP contribution in [0.1, 0.15) is 0 Å². The lowest BCUT2D eigenvalue weighted by atomic mass is 9.91. The van der Waals surface area contributed by atoms with Gasteiger partial charge >= 0.3 is 0 Å². The van der Waals surface area contributed by atoms with Crippen molar-refractivity contribution in [3.05, 3.63) is 122 Å². The Morgan fingerprint density at radius 3 is 1.77 bits per heavy atom. The number of rotatable bonds is 3. The second kappa shape index (κ2) is 7.30. The van der Waals surface area contributed by atoms with Crippen molar-refractivity contribution in [3.8, 4) is 33.6 Å². The van der Waals surface area contributed by atoms with Crippen LogP contribution in [0.3, 0.4) is 0 Å². The first-order valence-electron chi connectivity index (χ1n) is 10.5. The molecule has 1 heterocycles. The summed E-state index contributed by atoms with van der Waals surface area (Å²) in [5, 5.41) is 4.92. The van der Waals surface area contributed by atoms with Crippen LogP contribution in [0.4, 0.5) is 0 Å². The Bertz CT molecular complexity index is 1510. The molecule has 1 heteroatoms. The molecule has 0 bridgehead atoms. The van der Waals surface area contributed by atoms with E-state index in [9.17, 15) is 0 Å². The van der Waals surface area contributed by atoms with Crippen LogP contribution in [0.25, 0.3) is 55.1 Å². The number of hydrogen-bond acceptors (Lipinski definition) is 1. The molecule has 0 atom stereocenters. The molecule has 0 aliphatic heterocycles. The third-order valence-electron chi connectivity index (χ3n) is 5.95. The molecular weight excluding hydrogens is 376 g/mol. The highest BCUT2D eigenvalue weighted by atomic mass is 16.3. The quantitative estimate of drug-likeness (QED) is 0.273. The molecule has 146 valence electrons. The van der Waals surface area contributed by atoms with Crippen LogP contribution in [-0.2, 0) is 0 Å². The first-order valence-corrected chi connectivity index (χ1v) is 10.5. The van der Waals surface area contributed by atoms with Crippen LogP contribution >= 0.6 is 0 Å². The summed E-state index contributed by atoms with van der Waals surface area (Å²) >= 11 is 0. The first-order chi connectivity index (χ1) is 15.4. The van der Waals surface area contributed by atoms with Crippen molar-refractivity contribution < 1.29 is 4.42 Å². The summed E-state index contributed by atoms with van der Waals surface area (Å²) < 4.78 is 6.35. The Balaban J connectivity index is 1.71. The molecular formula is C30H20O. The smallest absolute Gasteiger partial charge is 0.142 e. The van der Waals surface area contributed by atoms with Gasteiger partial charge in [-0.25, -0.2) is 0 Å². The van der Waals surface area contributed by atoms with Crippen LogP contribution in [0.15, 0.2) is 126 Å². The monoisotopic (exact) mass is 396 g/mol. The molecule has 1 nitrogen and oxygen atoms in total. The molecule has 0 aliphatic rings. The standard InChI is InChI=1S/C30H20O/c1-3-11-21(12-4-1)28-20-31-30(29(28)22-13-5-2-6-14-22)27-19-23-15-7-8-16-24(23)25-17-9-10-18-26(25)27/h1-20H. The van der Waals surface area contributed by atoms with Gasteiger partial charge in [-0.05, 0) is 38.7 Å². The molecule has 0 radical (unpaired) electrons. The summed E-state index contributed by atoms with van der Waals surface area (Å²) in [5.74, 6) is 0.909. The highest BCUT2D eigenvalue weighted by Crippen LogP contribution is 2.45. The van der Waals surface area contributed by atoms with Crippen molar-refractivity contribution in [1.29, 1.82) is 0 Å². The van der Waals surface area contributed by atoms with Gasteiger partial charge in [-0.15, -0.1) is 0 Å². The number of furan rings is 1. The summed E-state index contributed by atoms with van der Waals surface area (Å²) in [6.45, 7) is 0. The van der Waals surface area contributed by atoms with E-state index >= 15 is 0 Å². The summed E-state index contributed by atoms with van der Waals surface area (Å²) in [5.41, 5.74) is 5.67. The number of hydrogen-bond donors (Lipinski definition) is 0. The van der Waals surface area contributed by atoms with Crippen molar-refractivity contribution in [2.75, 3.05) is 0 Å². The van der Waals surface area contributed by atoms with Crippen LogP contribution < -0.4 is 0 Å². The summed E-state index contributed by atoms with van der Waals surface area (Å²) in [6, 6.07) is 40.4. The van der Waals surface area contributed by atoms with E-state index in [1.54, 1.807) is 0 Å². The van der Waals surface area contributed by atoms with Crippen LogP contribution in [0.2, 0.25) is 0 Å². The van der Waals surface area contributed by atoms with E-state index in [0.717, 1.165) is 33.6 Å². The van der Waals surface area contributed by atoms with Gasteiger partial charge < -0.3 is 4.42 Å². The van der Waals surface area contributed by atoms with Crippen molar-refractivity contribution in [1.82, 2.24) is 0 Å². The average molecular weight is 396 g/mol. The molecule has 0 unspecified atom stereocenters. The normalized spacial score (nSPS) is 11.2. The van der Waals surface area contributed by atoms with Gasteiger partial charge in [0, 0.05) is 16.7 Å². The molecule has 0 saturated heterocycles. The molecule has 1 aromatic heterocycles. The highest BCUT2D eigenvalue weighted by molar-refractivity contribution is 6.14. The molecule has 6 rings (SSSR count). The van der Waals surface area contributed by atoms with E-state index in [4.69, 9.17) is 4.42 Å². The average Bonchev–Trinajstić information content (AvgIpc) is 3.30. The minimum Gasteiger partial charge on any atom is -0.463 e. The maximum atomic E-state index is 6.35. The van der Waals surface area contributed by atoms with Gasteiger partial charge in [-0.3, -0.25) is 0 Å². The number of benzene rings is 5. The maximum Gasteiger partial charge on any atom is 0.142 e. The fourth-order valence-electron chi connectivity index (χ4n) is 4.52.